The summed E-state index contributed by atoms with van der Waals surface area (Å²) in [7, 11) is -1.19. The molecule has 3 atom stereocenters. The lowest BCUT2D eigenvalue weighted by atomic mass is 9.94. The number of hydrogen-bond acceptors (Lipinski definition) is 3. The summed E-state index contributed by atoms with van der Waals surface area (Å²) >= 11 is 0. The highest BCUT2D eigenvalue weighted by atomic mass is 32.2. The molecule has 2 aromatic carbocycles. The van der Waals surface area contributed by atoms with E-state index < -0.39 is 10.8 Å². The maximum absolute atomic E-state index is 13.5. The van der Waals surface area contributed by atoms with Crippen LogP contribution in [0, 0.1) is 6.92 Å². The number of aliphatic hydroxyl groups is 1. The molecule has 1 aliphatic carbocycles. The van der Waals surface area contributed by atoms with Crippen LogP contribution in [0.1, 0.15) is 43.2 Å². The minimum atomic E-state index is -1.19. The first-order chi connectivity index (χ1) is 13.2. The molecule has 27 heavy (non-hydrogen) atoms. The Bertz CT molecular complexity index is 711. The smallest absolute Gasteiger partial charge is 0.0610 e. The van der Waals surface area contributed by atoms with Gasteiger partial charge in [-0.15, -0.1) is 0 Å². The summed E-state index contributed by atoms with van der Waals surface area (Å²) in [4.78, 5) is 0.838. The van der Waals surface area contributed by atoms with Crippen LogP contribution in [0.4, 0.5) is 0 Å². The molecule has 3 rings (SSSR count). The van der Waals surface area contributed by atoms with Gasteiger partial charge in [-0.2, -0.15) is 0 Å². The minimum absolute atomic E-state index is 0.00556. The van der Waals surface area contributed by atoms with Gasteiger partial charge >= 0.3 is 0 Å². The average Bonchev–Trinajstić information content (AvgIpc) is 2.72. The molecule has 4 heteroatoms. The van der Waals surface area contributed by atoms with Gasteiger partial charge in [-0.3, -0.25) is 4.21 Å². The first-order valence-corrected chi connectivity index (χ1v) is 11.3. The fraction of sp³-hybridized carbons (Fsp3) is 0.478. The van der Waals surface area contributed by atoms with Gasteiger partial charge in [0.05, 0.1) is 22.7 Å². The number of nitrogens with one attached hydrogen (secondary N) is 1. The van der Waals surface area contributed by atoms with E-state index in [1.165, 1.54) is 19.3 Å². The summed E-state index contributed by atoms with van der Waals surface area (Å²) in [5.41, 5.74) is 2.32. The predicted octanol–water partition coefficient (Wildman–Crippen LogP) is 4.00. The zero-order valence-corrected chi connectivity index (χ0v) is 17.0. The Morgan fingerprint density at radius 2 is 1.70 bits per heavy atom. The molecular formula is C23H31NO2S. The number of rotatable bonds is 8. The van der Waals surface area contributed by atoms with Crippen LogP contribution in [0.2, 0.25) is 0 Å². The summed E-state index contributed by atoms with van der Waals surface area (Å²) < 4.78 is 13.5. The van der Waals surface area contributed by atoms with Crippen molar-refractivity contribution < 1.29 is 9.32 Å². The van der Waals surface area contributed by atoms with Gasteiger partial charge in [-0.1, -0.05) is 67.3 Å². The van der Waals surface area contributed by atoms with Gasteiger partial charge in [0.1, 0.15) is 0 Å². The van der Waals surface area contributed by atoms with Crippen molar-refractivity contribution in [2.45, 2.75) is 67.7 Å². The van der Waals surface area contributed by atoms with Gasteiger partial charge in [0.15, 0.2) is 0 Å². The lowest BCUT2D eigenvalue weighted by molar-refractivity contribution is 0.214. The second kappa shape index (κ2) is 10.2. The Balaban J connectivity index is 1.82. The van der Waals surface area contributed by atoms with Gasteiger partial charge in [-0.25, -0.2) is 0 Å². The van der Waals surface area contributed by atoms with Crippen LogP contribution in [-0.2, 0) is 17.2 Å². The quantitative estimate of drug-likeness (QED) is 0.722. The molecule has 0 aliphatic heterocycles. The lowest BCUT2D eigenvalue weighted by Gasteiger charge is -2.32. The number of aryl methyl sites for hydroxylation is 1. The molecule has 3 nitrogen and oxygen atoms in total. The van der Waals surface area contributed by atoms with E-state index in [2.05, 4.69) is 17.4 Å². The van der Waals surface area contributed by atoms with E-state index in [-0.39, 0.29) is 17.9 Å². The topological polar surface area (TPSA) is 49.3 Å². The molecule has 0 heterocycles. The zero-order valence-electron chi connectivity index (χ0n) is 16.1. The fourth-order valence-corrected chi connectivity index (χ4v) is 5.47. The van der Waals surface area contributed by atoms with Gasteiger partial charge in [0.25, 0.3) is 0 Å². The normalized spacial score (nSPS) is 18.7. The highest BCUT2D eigenvalue weighted by Gasteiger charge is 2.30. The van der Waals surface area contributed by atoms with Crippen molar-refractivity contribution in [2.24, 2.45) is 0 Å². The monoisotopic (exact) mass is 385 g/mol. The van der Waals surface area contributed by atoms with Crippen molar-refractivity contribution in [3.63, 3.8) is 0 Å². The van der Waals surface area contributed by atoms with Crippen molar-refractivity contribution in [3.8, 4) is 0 Å². The molecule has 0 aromatic heterocycles. The van der Waals surface area contributed by atoms with Crippen LogP contribution < -0.4 is 5.32 Å². The standard InChI is InChI=1S/C23H31NO2S/c1-18-12-14-21(15-13-18)27(26)23(16-19-8-4-2-5-9-19)22(17-25)24-20-10-6-3-7-11-20/h2,4-5,8-9,12-15,20,22-25H,3,6-7,10-11,16-17H2,1H3/t22-,23?,27?/m1/s1. The molecule has 0 bridgehead atoms. The van der Waals surface area contributed by atoms with E-state index in [0.29, 0.717) is 12.5 Å². The van der Waals surface area contributed by atoms with Crippen LogP contribution in [0.15, 0.2) is 59.5 Å². The molecule has 0 radical (unpaired) electrons. The van der Waals surface area contributed by atoms with E-state index in [0.717, 1.165) is 28.9 Å². The Hall–Kier alpha value is -1.49. The second-order valence-corrected chi connectivity index (χ2v) is 9.30. The highest BCUT2D eigenvalue weighted by molar-refractivity contribution is 7.85. The molecule has 0 spiro atoms. The lowest BCUT2D eigenvalue weighted by Crippen LogP contribution is -2.50. The molecule has 1 aliphatic rings. The van der Waals surface area contributed by atoms with Gasteiger partial charge in [0.2, 0.25) is 0 Å². The van der Waals surface area contributed by atoms with Crippen molar-refractivity contribution >= 4 is 10.8 Å². The van der Waals surface area contributed by atoms with E-state index >= 15 is 0 Å². The van der Waals surface area contributed by atoms with Crippen LogP contribution in [0.25, 0.3) is 0 Å². The molecule has 1 fully saturated rings. The first kappa shape index (κ1) is 20.2. The van der Waals surface area contributed by atoms with E-state index in [9.17, 15) is 9.32 Å². The summed E-state index contributed by atoms with van der Waals surface area (Å²) in [5, 5.41) is 13.6. The zero-order chi connectivity index (χ0) is 19.1. The highest BCUT2D eigenvalue weighted by Crippen LogP contribution is 2.22. The summed E-state index contributed by atoms with van der Waals surface area (Å²) in [5.74, 6) is 0. The van der Waals surface area contributed by atoms with Crippen LogP contribution in [-0.4, -0.2) is 33.3 Å². The van der Waals surface area contributed by atoms with Crippen molar-refractivity contribution in [1.82, 2.24) is 5.32 Å². The summed E-state index contributed by atoms with van der Waals surface area (Å²) in [6.45, 7) is 2.04. The number of aliphatic hydroxyl groups excluding tert-OH is 1. The SMILES string of the molecule is Cc1ccc(S(=O)C(Cc2ccccc2)[C@@H](CO)NC2CCCCC2)cc1. The first-order valence-electron chi connectivity index (χ1n) is 10.1. The molecule has 1 saturated carbocycles. The molecule has 146 valence electrons. The van der Waals surface area contributed by atoms with Crippen LogP contribution in [0.5, 0.6) is 0 Å². The van der Waals surface area contributed by atoms with E-state index in [1.807, 2.05) is 49.4 Å². The predicted molar refractivity (Wildman–Crippen MR) is 112 cm³/mol. The summed E-state index contributed by atoms with van der Waals surface area (Å²) in [6.07, 6.45) is 6.74. The molecular weight excluding hydrogens is 354 g/mol. The largest absolute Gasteiger partial charge is 0.395 e. The van der Waals surface area contributed by atoms with Crippen LogP contribution in [0.3, 0.4) is 0 Å². The van der Waals surface area contributed by atoms with Crippen molar-refractivity contribution in [1.29, 1.82) is 0 Å². The molecule has 2 unspecified atom stereocenters. The third kappa shape index (κ3) is 5.74. The molecule has 2 aromatic rings. The van der Waals surface area contributed by atoms with Crippen molar-refractivity contribution in [3.05, 3.63) is 65.7 Å². The Kier molecular flexibility index (Phi) is 7.62. The van der Waals surface area contributed by atoms with E-state index in [1.54, 1.807) is 0 Å². The third-order valence-electron chi connectivity index (χ3n) is 5.51. The van der Waals surface area contributed by atoms with Gasteiger partial charge in [-0.05, 0) is 43.9 Å². The Morgan fingerprint density at radius 1 is 1.04 bits per heavy atom. The molecule has 0 saturated heterocycles. The minimum Gasteiger partial charge on any atom is -0.395 e. The van der Waals surface area contributed by atoms with E-state index in [4.69, 9.17) is 0 Å². The number of benzene rings is 2. The van der Waals surface area contributed by atoms with Gasteiger partial charge < -0.3 is 10.4 Å². The second-order valence-electron chi connectivity index (χ2n) is 7.63. The van der Waals surface area contributed by atoms with Gasteiger partial charge in [0, 0.05) is 17.0 Å². The number of hydrogen-bond donors (Lipinski definition) is 2. The summed E-state index contributed by atoms with van der Waals surface area (Å²) in [6, 6.07) is 18.4. The molecule has 0 amide bonds. The maximum atomic E-state index is 13.5. The average molecular weight is 386 g/mol. The maximum Gasteiger partial charge on any atom is 0.0610 e. The fourth-order valence-electron chi connectivity index (χ4n) is 3.91. The molecule has 2 N–H and O–H groups in total. The Morgan fingerprint density at radius 3 is 2.33 bits per heavy atom. The third-order valence-corrected chi connectivity index (χ3v) is 7.29. The Labute approximate surface area is 165 Å². The van der Waals surface area contributed by atoms with Crippen LogP contribution >= 0.6 is 0 Å². The van der Waals surface area contributed by atoms with Crippen molar-refractivity contribution in [2.75, 3.05) is 6.61 Å².